The van der Waals surface area contributed by atoms with Gasteiger partial charge < -0.3 is 19.3 Å². The molecule has 0 spiro atoms. The number of alkyl halides is 2. The number of ether oxygens (including phenoxy) is 2. The van der Waals surface area contributed by atoms with Gasteiger partial charge >= 0.3 is 0 Å². The summed E-state index contributed by atoms with van der Waals surface area (Å²) < 4.78 is 39.8. The Morgan fingerprint density at radius 2 is 1.63 bits per heavy atom. The molecule has 0 N–H and O–H groups in total. The number of rotatable bonds is 4. The van der Waals surface area contributed by atoms with E-state index in [0.717, 1.165) is 0 Å². The fourth-order valence-corrected chi connectivity index (χ4v) is 3.45. The van der Waals surface area contributed by atoms with Crippen LogP contribution in [0.1, 0.15) is 12.2 Å². The van der Waals surface area contributed by atoms with Crippen LogP contribution in [-0.2, 0) is 9.47 Å². The predicted molar refractivity (Wildman–Crippen MR) is 105 cm³/mol. The minimum Gasteiger partial charge on any atom is -0.481 e. The molecular weight excluding hydrogens is 396 g/mol. The van der Waals surface area contributed by atoms with Gasteiger partial charge in [-0.2, -0.15) is 15.0 Å². The van der Waals surface area contributed by atoms with E-state index in [4.69, 9.17) is 9.47 Å². The van der Waals surface area contributed by atoms with Gasteiger partial charge in [0.2, 0.25) is 17.8 Å². The van der Waals surface area contributed by atoms with Crippen LogP contribution < -0.4 is 9.80 Å². The number of benzene rings is 1. The van der Waals surface area contributed by atoms with Crippen molar-refractivity contribution in [1.82, 2.24) is 24.5 Å². The van der Waals surface area contributed by atoms with Gasteiger partial charge in [-0.1, -0.05) is 12.1 Å². The van der Waals surface area contributed by atoms with Crippen molar-refractivity contribution in [3.63, 3.8) is 0 Å². The maximum atomic E-state index is 13.8. The third kappa shape index (κ3) is 3.41. The van der Waals surface area contributed by atoms with Gasteiger partial charge in [0.05, 0.1) is 30.5 Å². The molecular formula is C19H19F2N7O2. The van der Waals surface area contributed by atoms with Gasteiger partial charge in [-0.05, 0) is 18.2 Å². The zero-order valence-electron chi connectivity index (χ0n) is 16.0. The molecule has 9 nitrogen and oxygen atoms in total. The average molecular weight is 415 g/mol. The van der Waals surface area contributed by atoms with Crippen molar-refractivity contribution in [3.05, 3.63) is 42.4 Å². The molecule has 5 rings (SSSR count). The van der Waals surface area contributed by atoms with E-state index in [2.05, 4.69) is 19.9 Å². The summed E-state index contributed by atoms with van der Waals surface area (Å²) in [4.78, 5) is 21.5. The Hall–Kier alpha value is -3.34. The van der Waals surface area contributed by atoms with Crippen molar-refractivity contribution in [2.45, 2.75) is 6.43 Å². The molecule has 0 unspecified atom stereocenters. The third-order valence-electron chi connectivity index (χ3n) is 4.91. The van der Waals surface area contributed by atoms with Crippen LogP contribution in [-0.4, -0.2) is 64.1 Å². The molecule has 0 radical (unpaired) electrons. The lowest BCUT2D eigenvalue weighted by Gasteiger charge is -2.29. The van der Waals surface area contributed by atoms with Crippen molar-refractivity contribution < 1.29 is 18.3 Å². The summed E-state index contributed by atoms with van der Waals surface area (Å²) in [7, 11) is 0. The van der Waals surface area contributed by atoms with E-state index >= 15 is 0 Å². The minimum absolute atomic E-state index is 0.0973. The SMILES string of the molecule is FC(F)c1nc2ccccc2n1-c1nc(N2CCOCC2)nc(N2CC=COC2)n1. The summed E-state index contributed by atoms with van der Waals surface area (Å²) in [5.41, 5.74) is 0.958. The molecule has 1 saturated heterocycles. The van der Waals surface area contributed by atoms with Crippen LogP contribution in [0.2, 0.25) is 0 Å². The highest BCUT2D eigenvalue weighted by Crippen LogP contribution is 2.28. The lowest BCUT2D eigenvalue weighted by molar-refractivity contribution is 0.122. The molecule has 0 atom stereocenters. The highest BCUT2D eigenvalue weighted by molar-refractivity contribution is 5.77. The molecule has 1 aromatic carbocycles. The van der Waals surface area contributed by atoms with Gasteiger partial charge in [-0.25, -0.2) is 13.8 Å². The summed E-state index contributed by atoms with van der Waals surface area (Å²) in [6.45, 7) is 3.09. The quantitative estimate of drug-likeness (QED) is 0.642. The first-order chi connectivity index (χ1) is 14.7. The molecule has 1 fully saturated rings. The molecule has 0 bridgehead atoms. The van der Waals surface area contributed by atoms with Crippen LogP contribution >= 0.6 is 0 Å². The number of halogens is 2. The van der Waals surface area contributed by atoms with Gasteiger partial charge in [-0.15, -0.1) is 0 Å². The summed E-state index contributed by atoms with van der Waals surface area (Å²) in [6, 6.07) is 6.93. The Morgan fingerprint density at radius 3 is 2.37 bits per heavy atom. The second-order valence-corrected chi connectivity index (χ2v) is 6.82. The maximum absolute atomic E-state index is 13.8. The van der Waals surface area contributed by atoms with Gasteiger partial charge in [0.15, 0.2) is 12.6 Å². The normalized spacial score (nSPS) is 17.0. The summed E-state index contributed by atoms with van der Waals surface area (Å²) in [5, 5.41) is 0. The van der Waals surface area contributed by atoms with E-state index in [1.807, 2.05) is 11.0 Å². The van der Waals surface area contributed by atoms with Crippen molar-refractivity contribution in [3.8, 4) is 5.95 Å². The average Bonchev–Trinajstić information content (AvgIpc) is 3.20. The number of fused-ring (bicyclic) bond motifs is 1. The molecule has 11 heteroatoms. The second kappa shape index (κ2) is 7.82. The number of anilines is 2. The van der Waals surface area contributed by atoms with Crippen molar-refractivity contribution in [1.29, 1.82) is 0 Å². The molecule has 0 aliphatic carbocycles. The fraction of sp³-hybridized carbons (Fsp3) is 0.368. The molecule has 2 aliphatic heterocycles. The van der Waals surface area contributed by atoms with E-state index in [0.29, 0.717) is 55.8 Å². The summed E-state index contributed by atoms with van der Waals surface area (Å²) >= 11 is 0. The lowest BCUT2D eigenvalue weighted by atomic mass is 10.3. The Morgan fingerprint density at radius 1 is 0.900 bits per heavy atom. The van der Waals surface area contributed by atoms with E-state index < -0.39 is 12.2 Å². The molecule has 30 heavy (non-hydrogen) atoms. The third-order valence-corrected chi connectivity index (χ3v) is 4.91. The monoisotopic (exact) mass is 415 g/mol. The number of aromatic nitrogens is 5. The van der Waals surface area contributed by atoms with Crippen LogP contribution in [0, 0.1) is 0 Å². The molecule has 0 amide bonds. The van der Waals surface area contributed by atoms with E-state index in [-0.39, 0.29) is 12.7 Å². The van der Waals surface area contributed by atoms with Crippen LogP contribution in [0.25, 0.3) is 17.0 Å². The molecule has 2 aromatic heterocycles. The van der Waals surface area contributed by atoms with Gasteiger partial charge in [0.1, 0.15) is 0 Å². The highest BCUT2D eigenvalue weighted by Gasteiger charge is 2.25. The predicted octanol–water partition coefficient (Wildman–Crippen LogP) is 2.29. The van der Waals surface area contributed by atoms with Crippen molar-refractivity contribution in [2.24, 2.45) is 0 Å². The second-order valence-electron chi connectivity index (χ2n) is 6.82. The van der Waals surface area contributed by atoms with E-state index in [1.165, 1.54) is 4.57 Å². The number of hydrogen-bond donors (Lipinski definition) is 0. The first kappa shape index (κ1) is 18.7. The Bertz CT molecular complexity index is 1080. The summed E-state index contributed by atoms with van der Waals surface area (Å²) in [5.74, 6) is 0.450. The first-order valence-corrected chi connectivity index (χ1v) is 9.57. The number of imidazole rings is 1. The Kier molecular flexibility index (Phi) is 4.87. The Labute approximate surface area is 170 Å². The van der Waals surface area contributed by atoms with Crippen LogP contribution in [0.3, 0.4) is 0 Å². The highest BCUT2D eigenvalue weighted by atomic mass is 19.3. The van der Waals surface area contributed by atoms with Crippen molar-refractivity contribution in [2.75, 3.05) is 49.4 Å². The topological polar surface area (TPSA) is 81.4 Å². The molecule has 0 saturated carbocycles. The lowest BCUT2D eigenvalue weighted by Crippen LogP contribution is -2.38. The molecule has 4 heterocycles. The standard InChI is InChI=1S/C19H19F2N7O2/c20-15(21)16-22-13-4-1-2-5-14(13)28(16)19-24-17(26-7-10-29-11-8-26)23-18(25-19)27-6-3-9-30-12-27/h1-5,9,15H,6-8,10-12H2. The van der Waals surface area contributed by atoms with Gasteiger partial charge in [0, 0.05) is 19.6 Å². The zero-order chi connectivity index (χ0) is 20.5. The maximum Gasteiger partial charge on any atom is 0.296 e. The van der Waals surface area contributed by atoms with E-state index in [9.17, 15) is 8.78 Å². The van der Waals surface area contributed by atoms with Crippen LogP contribution in [0.5, 0.6) is 0 Å². The largest absolute Gasteiger partial charge is 0.481 e. The van der Waals surface area contributed by atoms with Gasteiger partial charge in [-0.3, -0.25) is 4.57 Å². The van der Waals surface area contributed by atoms with Crippen LogP contribution in [0.4, 0.5) is 20.7 Å². The van der Waals surface area contributed by atoms with Crippen LogP contribution in [0.15, 0.2) is 36.6 Å². The summed E-state index contributed by atoms with van der Waals surface area (Å²) in [6.07, 6.45) is 0.656. The zero-order valence-corrected chi connectivity index (χ0v) is 16.0. The molecule has 2 aliphatic rings. The number of hydrogen-bond acceptors (Lipinski definition) is 8. The minimum atomic E-state index is -2.79. The van der Waals surface area contributed by atoms with Gasteiger partial charge in [0.25, 0.3) is 6.43 Å². The molecule has 3 aromatic rings. The number of nitrogens with zero attached hydrogens (tertiary/aromatic N) is 7. The smallest absolute Gasteiger partial charge is 0.296 e. The number of para-hydroxylation sites is 2. The first-order valence-electron chi connectivity index (χ1n) is 9.57. The fourth-order valence-electron chi connectivity index (χ4n) is 3.45. The van der Waals surface area contributed by atoms with Crippen molar-refractivity contribution >= 4 is 22.9 Å². The molecule has 156 valence electrons. The van der Waals surface area contributed by atoms with E-state index in [1.54, 1.807) is 35.4 Å². The number of morpholine rings is 1. The Balaban J connectivity index is 1.68.